The molecule has 0 bridgehead atoms. The largest absolute Gasteiger partial charge is 0.497 e. The molecule has 0 aromatic heterocycles. The van der Waals surface area contributed by atoms with E-state index >= 15 is 0 Å². The number of fused-ring (bicyclic) bond motifs is 1. The molecule has 2 rings (SSSR count). The maximum atomic E-state index is 12.2. The second kappa shape index (κ2) is 5.63. The van der Waals surface area contributed by atoms with Crippen molar-refractivity contribution in [3.63, 3.8) is 0 Å². The van der Waals surface area contributed by atoms with Crippen molar-refractivity contribution >= 4 is 0 Å². The minimum Gasteiger partial charge on any atom is -0.497 e. The molecule has 1 aromatic carbocycles. The number of hydrogen-bond acceptors (Lipinski definition) is 3. The highest BCUT2D eigenvalue weighted by Crippen LogP contribution is 2.33. The number of hydrogen-bond donors (Lipinski definition) is 2. The molecule has 18 heavy (non-hydrogen) atoms. The van der Waals surface area contributed by atoms with Crippen LogP contribution in [0.1, 0.15) is 23.6 Å². The molecule has 1 aliphatic rings. The number of rotatable bonds is 5. The van der Waals surface area contributed by atoms with Crippen molar-refractivity contribution in [2.45, 2.75) is 31.4 Å². The van der Waals surface area contributed by atoms with E-state index in [1.54, 1.807) is 7.11 Å². The van der Waals surface area contributed by atoms with Crippen LogP contribution < -0.4 is 10.1 Å². The number of benzene rings is 1. The summed E-state index contributed by atoms with van der Waals surface area (Å²) in [6, 6.07) is 5.84. The molecule has 2 unspecified atom stereocenters. The van der Waals surface area contributed by atoms with Crippen molar-refractivity contribution in [2.75, 3.05) is 13.7 Å². The lowest BCUT2D eigenvalue weighted by atomic mass is 10.1. The predicted molar refractivity (Wildman–Crippen MR) is 64.1 cm³/mol. The molecule has 0 aliphatic heterocycles. The van der Waals surface area contributed by atoms with Crippen LogP contribution in [0.5, 0.6) is 5.75 Å². The zero-order chi connectivity index (χ0) is 13.1. The molecule has 0 heterocycles. The number of nitrogens with one attached hydrogen (secondary N) is 1. The van der Waals surface area contributed by atoms with Crippen LogP contribution in [0.4, 0.5) is 8.78 Å². The molecular formula is C13H17F2NO2. The van der Waals surface area contributed by atoms with Crippen molar-refractivity contribution in [3.05, 3.63) is 29.3 Å². The monoisotopic (exact) mass is 257 g/mol. The number of halogens is 2. The molecule has 0 amide bonds. The molecule has 0 saturated carbocycles. The number of methoxy groups -OCH3 is 1. The van der Waals surface area contributed by atoms with Crippen molar-refractivity contribution in [1.29, 1.82) is 0 Å². The van der Waals surface area contributed by atoms with Gasteiger partial charge in [-0.3, -0.25) is 0 Å². The van der Waals surface area contributed by atoms with E-state index in [0.717, 1.165) is 24.2 Å². The van der Waals surface area contributed by atoms with E-state index in [0.29, 0.717) is 0 Å². The van der Waals surface area contributed by atoms with Crippen molar-refractivity contribution in [3.8, 4) is 5.75 Å². The van der Waals surface area contributed by atoms with Gasteiger partial charge in [-0.1, -0.05) is 6.07 Å². The number of aliphatic hydroxyl groups is 1. The summed E-state index contributed by atoms with van der Waals surface area (Å²) in [6.07, 6.45) is -2.54. The highest BCUT2D eigenvalue weighted by Gasteiger charge is 2.25. The summed E-state index contributed by atoms with van der Waals surface area (Å²) in [5.74, 6) is 0.761. The third-order valence-corrected chi connectivity index (χ3v) is 3.30. The standard InChI is InChI=1S/C13H17F2NO2/c1-18-9-4-2-8-3-5-11(10(8)6-9)16-7-12(17)13(14)15/h2,4,6,11-13,16-17H,3,5,7H2,1H3. The molecule has 3 nitrogen and oxygen atoms in total. The predicted octanol–water partition coefficient (Wildman–Crippen LogP) is 1.90. The van der Waals surface area contributed by atoms with Crippen LogP contribution in [-0.4, -0.2) is 31.3 Å². The SMILES string of the molecule is COc1ccc2c(c1)C(NCC(O)C(F)F)CC2. The van der Waals surface area contributed by atoms with E-state index in [9.17, 15) is 8.78 Å². The quantitative estimate of drug-likeness (QED) is 0.846. The smallest absolute Gasteiger partial charge is 0.265 e. The van der Waals surface area contributed by atoms with Crippen LogP contribution in [0.25, 0.3) is 0 Å². The summed E-state index contributed by atoms with van der Waals surface area (Å²) in [6.45, 7) is -0.0982. The molecule has 0 saturated heterocycles. The van der Waals surface area contributed by atoms with Gasteiger partial charge in [-0.25, -0.2) is 8.78 Å². The highest BCUT2D eigenvalue weighted by atomic mass is 19.3. The topological polar surface area (TPSA) is 41.5 Å². The zero-order valence-electron chi connectivity index (χ0n) is 10.2. The van der Waals surface area contributed by atoms with Gasteiger partial charge in [0.25, 0.3) is 6.43 Å². The molecule has 2 N–H and O–H groups in total. The van der Waals surface area contributed by atoms with Gasteiger partial charge in [0, 0.05) is 12.6 Å². The summed E-state index contributed by atoms with van der Waals surface area (Å²) in [7, 11) is 1.60. The van der Waals surface area contributed by atoms with Crippen LogP contribution in [0, 0.1) is 0 Å². The van der Waals surface area contributed by atoms with Crippen LogP contribution in [-0.2, 0) is 6.42 Å². The Labute approximate surface area is 105 Å². The molecule has 2 atom stereocenters. The van der Waals surface area contributed by atoms with E-state index in [1.807, 2.05) is 18.2 Å². The highest BCUT2D eigenvalue weighted by molar-refractivity contribution is 5.40. The van der Waals surface area contributed by atoms with Gasteiger partial charge in [0.2, 0.25) is 0 Å². The summed E-state index contributed by atoms with van der Waals surface area (Å²) >= 11 is 0. The number of aryl methyl sites for hydroxylation is 1. The Kier molecular flexibility index (Phi) is 4.14. The molecule has 0 spiro atoms. The Morgan fingerprint density at radius 3 is 2.94 bits per heavy atom. The molecule has 0 fully saturated rings. The first-order valence-electron chi connectivity index (χ1n) is 5.98. The zero-order valence-corrected chi connectivity index (χ0v) is 10.2. The Hall–Kier alpha value is -1.20. The molecule has 1 aliphatic carbocycles. The van der Waals surface area contributed by atoms with Crippen LogP contribution >= 0.6 is 0 Å². The average Bonchev–Trinajstić information content (AvgIpc) is 2.77. The molecule has 100 valence electrons. The lowest BCUT2D eigenvalue weighted by Gasteiger charge is -2.17. The third kappa shape index (κ3) is 2.79. The maximum absolute atomic E-state index is 12.2. The van der Waals surface area contributed by atoms with Gasteiger partial charge in [-0.05, 0) is 36.1 Å². The Morgan fingerprint density at radius 2 is 2.28 bits per heavy atom. The third-order valence-electron chi connectivity index (χ3n) is 3.30. The lowest BCUT2D eigenvalue weighted by Crippen LogP contribution is -2.33. The van der Waals surface area contributed by atoms with Gasteiger partial charge in [0.1, 0.15) is 11.9 Å². The van der Waals surface area contributed by atoms with Crippen molar-refractivity contribution < 1.29 is 18.6 Å². The van der Waals surface area contributed by atoms with Crippen LogP contribution in [0.15, 0.2) is 18.2 Å². The van der Waals surface area contributed by atoms with E-state index in [4.69, 9.17) is 9.84 Å². The average molecular weight is 257 g/mol. The van der Waals surface area contributed by atoms with Gasteiger partial charge >= 0.3 is 0 Å². The fourth-order valence-electron chi connectivity index (χ4n) is 2.27. The second-order valence-electron chi connectivity index (χ2n) is 4.47. The van der Waals surface area contributed by atoms with Crippen LogP contribution in [0.3, 0.4) is 0 Å². The summed E-state index contributed by atoms with van der Waals surface area (Å²) in [5.41, 5.74) is 2.29. The second-order valence-corrected chi connectivity index (χ2v) is 4.47. The van der Waals surface area contributed by atoms with Gasteiger partial charge in [0.05, 0.1) is 7.11 Å². The minimum absolute atomic E-state index is 0.0171. The van der Waals surface area contributed by atoms with E-state index in [-0.39, 0.29) is 12.6 Å². The van der Waals surface area contributed by atoms with Gasteiger partial charge in [-0.15, -0.1) is 0 Å². The number of aliphatic hydroxyl groups excluding tert-OH is 1. The Balaban J connectivity index is 2.02. The Bertz CT molecular complexity index is 412. The van der Waals surface area contributed by atoms with Gasteiger partial charge < -0.3 is 15.2 Å². The van der Waals surface area contributed by atoms with E-state index in [2.05, 4.69) is 5.32 Å². The molecule has 5 heteroatoms. The maximum Gasteiger partial charge on any atom is 0.265 e. The summed E-state index contributed by atoms with van der Waals surface area (Å²) < 4.78 is 29.6. The minimum atomic E-state index is -2.70. The number of ether oxygens (including phenoxy) is 1. The van der Waals surface area contributed by atoms with Gasteiger partial charge in [0.15, 0.2) is 0 Å². The first-order chi connectivity index (χ1) is 8.61. The fourth-order valence-corrected chi connectivity index (χ4v) is 2.27. The first kappa shape index (κ1) is 13.2. The Morgan fingerprint density at radius 1 is 1.50 bits per heavy atom. The first-order valence-corrected chi connectivity index (χ1v) is 5.98. The summed E-state index contributed by atoms with van der Waals surface area (Å²) in [4.78, 5) is 0. The van der Waals surface area contributed by atoms with E-state index < -0.39 is 12.5 Å². The van der Waals surface area contributed by atoms with E-state index in [1.165, 1.54) is 5.56 Å². The van der Waals surface area contributed by atoms with Crippen molar-refractivity contribution in [1.82, 2.24) is 5.32 Å². The summed E-state index contributed by atoms with van der Waals surface area (Å²) in [5, 5.41) is 12.1. The fraction of sp³-hybridized carbons (Fsp3) is 0.538. The van der Waals surface area contributed by atoms with Crippen LogP contribution in [0.2, 0.25) is 0 Å². The molecule has 1 aromatic rings. The van der Waals surface area contributed by atoms with Gasteiger partial charge in [-0.2, -0.15) is 0 Å². The lowest BCUT2D eigenvalue weighted by molar-refractivity contribution is -0.00463. The van der Waals surface area contributed by atoms with Crippen molar-refractivity contribution in [2.24, 2.45) is 0 Å². The normalized spacial score (nSPS) is 19.9. The number of alkyl halides is 2. The molecule has 0 radical (unpaired) electrons. The molecular weight excluding hydrogens is 240 g/mol.